The van der Waals surface area contributed by atoms with Gasteiger partial charge in [0.1, 0.15) is 10.7 Å². The van der Waals surface area contributed by atoms with Crippen LogP contribution in [-0.4, -0.2) is 48.6 Å². The number of aliphatic hydroxyl groups excluding tert-OH is 1. The minimum Gasteiger partial charge on any atom is -0.392 e. The van der Waals surface area contributed by atoms with Crippen LogP contribution in [0.4, 0.5) is 5.82 Å². The zero-order chi connectivity index (χ0) is 14.6. The Morgan fingerprint density at radius 2 is 2.30 bits per heavy atom. The summed E-state index contributed by atoms with van der Waals surface area (Å²) in [7, 11) is -3.55. The molecule has 1 aliphatic rings. The number of aliphatic hydroxyl groups is 1. The second kappa shape index (κ2) is 6.51. The lowest BCUT2D eigenvalue weighted by molar-refractivity contribution is 0.108. The molecule has 1 saturated heterocycles. The average Bonchev–Trinajstić information content (AvgIpc) is 2.45. The van der Waals surface area contributed by atoms with Gasteiger partial charge in [0, 0.05) is 25.8 Å². The first-order valence-corrected chi connectivity index (χ1v) is 8.36. The fourth-order valence-corrected chi connectivity index (χ4v) is 3.64. The summed E-state index contributed by atoms with van der Waals surface area (Å²) >= 11 is 0. The van der Waals surface area contributed by atoms with Crippen molar-refractivity contribution in [3.05, 3.63) is 18.3 Å². The first-order chi connectivity index (χ1) is 9.54. The van der Waals surface area contributed by atoms with Crippen molar-refractivity contribution in [3.63, 3.8) is 0 Å². The van der Waals surface area contributed by atoms with Gasteiger partial charge in [-0.25, -0.2) is 13.4 Å². The molecule has 1 unspecified atom stereocenters. The number of aromatic nitrogens is 1. The first kappa shape index (κ1) is 15.2. The van der Waals surface area contributed by atoms with E-state index in [9.17, 15) is 13.5 Å². The lowest BCUT2D eigenvalue weighted by atomic mass is 10.1. The van der Waals surface area contributed by atoms with Crippen molar-refractivity contribution in [1.29, 1.82) is 0 Å². The monoisotopic (exact) mass is 299 g/mol. The third-order valence-electron chi connectivity index (χ3n) is 3.29. The summed E-state index contributed by atoms with van der Waals surface area (Å²) in [5.74, 6) is 0.671. The molecular weight excluding hydrogens is 278 g/mol. The molecule has 0 radical (unpaired) electrons. The predicted octanol–water partition coefficient (Wildman–Crippen LogP) is 1.05. The molecule has 2 heterocycles. The van der Waals surface area contributed by atoms with Crippen molar-refractivity contribution < 1.29 is 13.5 Å². The largest absolute Gasteiger partial charge is 0.392 e. The molecule has 2 N–H and O–H groups in total. The third kappa shape index (κ3) is 3.47. The zero-order valence-electron chi connectivity index (χ0n) is 11.6. The fourth-order valence-electron chi connectivity index (χ4n) is 2.18. The van der Waals surface area contributed by atoms with Gasteiger partial charge in [-0.15, -0.1) is 0 Å². The highest BCUT2D eigenvalue weighted by Gasteiger charge is 2.29. The van der Waals surface area contributed by atoms with Gasteiger partial charge in [0.15, 0.2) is 0 Å². The van der Waals surface area contributed by atoms with E-state index in [0.717, 1.165) is 13.0 Å². The first-order valence-electron chi connectivity index (χ1n) is 6.92. The molecule has 7 heteroatoms. The summed E-state index contributed by atoms with van der Waals surface area (Å²) in [6.07, 6.45) is 3.12. The highest BCUT2D eigenvalue weighted by atomic mass is 32.2. The SMILES string of the molecule is CCCNc1ccc(S(=O)(=O)N2CCCC(O)C2)cn1. The van der Waals surface area contributed by atoms with Crippen LogP contribution in [0, 0.1) is 0 Å². The summed E-state index contributed by atoms with van der Waals surface area (Å²) in [6, 6.07) is 3.23. The van der Waals surface area contributed by atoms with Crippen LogP contribution in [0.15, 0.2) is 23.2 Å². The van der Waals surface area contributed by atoms with Gasteiger partial charge in [0.25, 0.3) is 0 Å². The molecule has 0 saturated carbocycles. The summed E-state index contributed by atoms with van der Waals surface area (Å²) in [6.45, 7) is 3.47. The maximum absolute atomic E-state index is 12.4. The van der Waals surface area contributed by atoms with Crippen LogP contribution >= 0.6 is 0 Å². The second-order valence-corrected chi connectivity index (χ2v) is 6.90. The summed E-state index contributed by atoms with van der Waals surface area (Å²) in [4.78, 5) is 4.29. The highest BCUT2D eigenvalue weighted by molar-refractivity contribution is 7.89. The van der Waals surface area contributed by atoms with Crippen molar-refractivity contribution in [1.82, 2.24) is 9.29 Å². The molecular formula is C13H21N3O3S. The van der Waals surface area contributed by atoms with E-state index in [4.69, 9.17) is 0 Å². The van der Waals surface area contributed by atoms with Crippen molar-refractivity contribution in [2.45, 2.75) is 37.2 Å². The molecule has 1 aliphatic heterocycles. The summed E-state index contributed by atoms with van der Waals surface area (Å²) < 4.78 is 26.2. The number of nitrogens with one attached hydrogen (secondary N) is 1. The molecule has 0 spiro atoms. The smallest absolute Gasteiger partial charge is 0.244 e. The van der Waals surface area contributed by atoms with Gasteiger partial charge in [0.2, 0.25) is 10.0 Å². The van der Waals surface area contributed by atoms with Crippen LogP contribution in [0.25, 0.3) is 0 Å². The number of anilines is 1. The molecule has 6 nitrogen and oxygen atoms in total. The molecule has 0 bridgehead atoms. The quantitative estimate of drug-likeness (QED) is 0.849. The van der Waals surface area contributed by atoms with Crippen LogP contribution in [0.5, 0.6) is 0 Å². The lowest BCUT2D eigenvalue weighted by Crippen LogP contribution is -2.42. The second-order valence-electron chi connectivity index (χ2n) is 4.97. The van der Waals surface area contributed by atoms with Gasteiger partial charge < -0.3 is 10.4 Å². The van der Waals surface area contributed by atoms with Crippen molar-refractivity contribution in [2.75, 3.05) is 25.0 Å². The Morgan fingerprint density at radius 3 is 2.90 bits per heavy atom. The molecule has 1 fully saturated rings. The van der Waals surface area contributed by atoms with Crippen molar-refractivity contribution in [2.24, 2.45) is 0 Å². The van der Waals surface area contributed by atoms with E-state index in [2.05, 4.69) is 10.3 Å². The van der Waals surface area contributed by atoms with Gasteiger partial charge in [-0.3, -0.25) is 0 Å². The van der Waals surface area contributed by atoms with E-state index < -0.39 is 16.1 Å². The highest BCUT2D eigenvalue weighted by Crippen LogP contribution is 2.20. The number of piperidine rings is 1. The van der Waals surface area contributed by atoms with E-state index in [-0.39, 0.29) is 11.4 Å². The number of rotatable bonds is 5. The number of hydrogen-bond acceptors (Lipinski definition) is 5. The standard InChI is InChI=1S/C13H21N3O3S/c1-2-7-14-13-6-5-12(9-15-13)20(18,19)16-8-3-4-11(17)10-16/h5-6,9,11,17H,2-4,7-8,10H2,1H3,(H,14,15). The van der Waals surface area contributed by atoms with Gasteiger partial charge in [-0.05, 0) is 31.4 Å². The molecule has 0 amide bonds. The van der Waals surface area contributed by atoms with E-state index in [0.29, 0.717) is 25.2 Å². The van der Waals surface area contributed by atoms with Crippen LogP contribution in [0.2, 0.25) is 0 Å². The molecule has 2 rings (SSSR count). The summed E-state index contributed by atoms with van der Waals surface area (Å²) in [5.41, 5.74) is 0. The predicted molar refractivity (Wildman–Crippen MR) is 77.0 cm³/mol. The number of nitrogens with zero attached hydrogens (tertiary/aromatic N) is 2. The molecule has 1 atom stereocenters. The maximum Gasteiger partial charge on any atom is 0.244 e. The minimum absolute atomic E-state index is 0.165. The number of β-amino-alcohol motifs (C(OH)–C–C–N with tert-alkyl or cyclic N) is 1. The molecule has 0 aromatic carbocycles. The van der Waals surface area contributed by atoms with Gasteiger partial charge in [0.05, 0.1) is 6.10 Å². The van der Waals surface area contributed by atoms with Crippen LogP contribution in [0.3, 0.4) is 0 Å². The number of pyridine rings is 1. The van der Waals surface area contributed by atoms with Crippen LogP contribution in [0.1, 0.15) is 26.2 Å². The average molecular weight is 299 g/mol. The van der Waals surface area contributed by atoms with Crippen LogP contribution in [-0.2, 0) is 10.0 Å². The third-order valence-corrected chi connectivity index (χ3v) is 5.14. The minimum atomic E-state index is -3.55. The Morgan fingerprint density at radius 1 is 1.50 bits per heavy atom. The fraction of sp³-hybridized carbons (Fsp3) is 0.615. The Balaban J connectivity index is 2.12. The Bertz CT molecular complexity index is 530. The van der Waals surface area contributed by atoms with Gasteiger partial charge in [-0.1, -0.05) is 6.92 Å². The van der Waals surface area contributed by atoms with Crippen molar-refractivity contribution in [3.8, 4) is 0 Å². The molecule has 1 aromatic rings. The molecule has 20 heavy (non-hydrogen) atoms. The summed E-state index contributed by atoms with van der Waals surface area (Å²) in [5, 5.41) is 12.7. The topological polar surface area (TPSA) is 82.5 Å². The Labute approximate surface area is 119 Å². The molecule has 112 valence electrons. The zero-order valence-corrected chi connectivity index (χ0v) is 12.4. The van der Waals surface area contributed by atoms with E-state index >= 15 is 0 Å². The number of hydrogen-bond donors (Lipinski definition) is 2. The maximum atomic E-state index is 12.4. The van der Waals surface area contributed by atoms with E-state index in [1.807, 2.05) is 6.92 Å². The normalized spacial score (nSPS) is 20.8. The van der Waals surface area contributed by atoms with Gasteiger partial charge in [-0.2, -0.15) is 4.31 Å². The van der Waals surface area contributed by atoms with Gasteiger partial charge >= 0.3 is 0 Å². The molecule has 1 aromatic heterocycles. The van der Waals surface area contributed by atoms with E-state index in [1.54, 1.807) is 12.1 Å². The van der Waals surface area contributed by atoms with E-state index in [1.165, 1.54) is 10.5 Å². The van der Waals surface area contributed by atoms with Crippen LogP contribution < -0.4 is 5.32 Å². The Kier molecular flexibility index (Phi) is 4.95. The van der Waals surface area contributed by atoms with Crippen molar-refractivity contribution >= 4 is 15.8 Å². The lowest BCUT2D eigenvalue weighted by Gasteiger charge is -2.29. The Hall–Kier alpha value is -1.18. The number of sulfonamides is 1. The molecule has 0 aliphatic carbocycles.